The fraction of sp³-hybridized carbons (Fsp3) is 0.368. The Morgan fingerprint density at radius 1 is 1.28 bits per heavy atom. The summed E-state index contributed by atoms with van der Waals surface area (Å²) in [7, 11) is 3.97. The number of rotatable bonds is 5. The fourth-order valence-corrected chi connectivity index (χ4v) is 2.95. The van der Waals surface area contributed by atoms with Crippen LogP contribution in [-0.4, -0.2) is 55.7 Å². The van der Waals surface area contributed by atoms with Crippen molar-refractivity contribution in [1.29, 1.82) is 0 Å². The third-order valence-corrected chi connectivity index (χ3v) is 4.17. The third kappa shape index (κ3) is 4.55. The van der Waals surface area contributed by atoms with Crippen LogP contribution in [0.1, 0.15) is 5.56 Å². The minimum Gasteiger partial charge on any atom is -0.366 e. The van der Waals surface area contributed by atoms with Gasteiger partial charge in [-0.15, -0.1) is 0 Å². The van der Waals surface area contributed by atoms with Gasteiger partial charge < -0.3 is 15.0 Å². The van der Waals surface area contributed by atoms with Gasteiger partial charge in [-0.05, 0) is 18.2 Å². The number of carbonyl (C=O) groups is 1. The van der Waals surface area contributed by atoms with E-state index in [9.17, 15) is 4.79 Å². The second kappa shape index (κ2) is 8.09. The molecule has 1 amide bonds. The van der Waals surface area contributed by atoms with Crippen LogP contribution in [0.3, 0.4) is 0 Å². The van der Waals surface area contributed by atoms with Crippen LogP contribution in [-0.2, 0) is 16.1 Å². The van der Waals surface area contributed by atoms with Crippen LogP contribution in [0.5, 0.6) is 0 Å². The van der Waals surface area contributed by atoms with E-state index in [1.165, 1.54) is 0 Å². The van der Waals surface area contributed by atoms with Crippen LogP contribution in [0.15, 0.2) is 48.7 Å². The molecule has 1 aromatic heterocycles. The Kier molecular flexibility index (Phi) is 5.63. The van der Waals surface area contributed by atoms with Crippen molar-refractivity contribution in [2.24, 2.45) is 0 Å². The molecule has 25 heavy (non-hydrogen) atoms. The van der Waals surface area contributed by atoms with E-state index in [-0.39, 0.29) is 5.91 Å². The van der Waals surface area contributed by atoms with Gasteiger partial charge in [0.25, 0.3) is 5.91 Å². The number of pyridine rings is 1. The first-order valence-electron chi connectivity index (χ1n) is 8.44. The highest BCUT2D eigenvalue weighted by Gasteiger charge is 2.27. The topological polar surface area (TPSA) is 57.7 Å². The molecule has 0 unspecified atom stereocenters. The molecule has 0 bridgehead atoms. The molecule has 2 heterocycles. The molecule has 6 heteroatoms. The molecule has 0 radical (unpaired) electrons. The number of aromatic nitrogens is 1. The summed E-state index contributed by atoms with van der Waals surface area (Å²) >= 11 is 0. The zero-order chi connectivity index (χ0) is 17.6. The van der Waals surface area contributed by atoms with Crippen LogP contribution in [0.4, 0.5) is 11.5 Å². The van der Waals surface area contributed by atoms with Crippen LogP contribution in [0, 0.1) is 0 Å². The summed E-state index contributed by atoms with van der Waals surface area (Å²) in [6, 6.07) is 13.5. The maximum Gasteiger partial charge on any atom is 0.254 e. The zero-order valence-electron chi connectivity index (χ0n) is 14.7. The monoisotopic (exact) mass is 340 g/mol. The van der Waals surface area contributed by atoms with Gasteiger partial charge in [-0.2, -0.15) is 0 Å². The van der Waals surface area contributed by atoms with E-state index < -0.39 is 6.10 Å². The molecule has 0 saturated carbocycles. The minimum atomic E-state index is -0.464. The Balaban J connectivity index is 1.62. The van der Waals surface area contributed by atoms with Crippen LogP contribution in [0.2, 0.25) is 0 Å². The predicted octanol–water partition coefficient (Wildman–Crippen LogP) is 1.99. The highest BCUT2D eigenvalue weighted by molar-refractivity contribution is 5.94. The smallest absolute Gasteiger partial charge is 0.254 e. The number of ether oxygens (including phenoxy) is 1. The molecule has 0 aliphatic carbocycles. The highest BCUT2D eigenvalue weighted by Crippen LogP contribution is 2.19. The van der Waals surface area contributed by atoms with Crippen LogP contribution < -0.4 is 10.2 Å². The number of anilines is 2. The van der Waals surface area contributed by atoms with Crippen molar-refractivity contribution >= 4 is 17.4 Å². The van der Waals surface area contributed by atoms with Crippen molar-refractivity contribution in [3.05, 3.63) is 54.2 Å². The summed E-state index contributed by atoms with van der Waals surface area (Å²) in [5, 5.41) is 2.91. The summed E-state index contributed by atoms with van der Waals surface area (Å²) in [6.45, 7) is 2.67. The molecule has 1 atom stereocenters. The van der Waals surface area contributed by atoms with E-state index >= 15 is 0 Å². The van der Waals surface area contributed by atoms with Crippen LogP contribution in [0.25, 0.3) is 0 Å². The third-order valence-electron chi connectivity index (χ3n) is 4.17. The average Bonchev–Trinajstić information content (AvgIpc) is 2.63. The molecule has 132 valence electrons. The largest absolute Gasteiger partial charge is 0.366 e. The molecular formula is C19H24N4O2. The van der Waals surface area contributed by atoms with Gasteiger partial charge in [0.15, 0.2) is 0 Å². The summed E-state index contributed by atoms with van der Waals surface area (Å²) in [4.78, 5) is 21.1. The Hall–Kier alpha value is -2.44. The van der Waals surface area contributed by atoms with Gasteiger partial charge in [0.05, 0.1) is 6.61 Å². The van der Waals surface area contributed by atoms with Crippen molar-refractivity contribution in [2.45, 2.75) is 12.6 Å². The van der Waals surface area contributed by atoms with E-state index in [0.717, 1.165) is 30.2 Å². The first kappa shape index (κ1) is 17.4. The number of nitrogens with one attached hydrogen (secondary N) is 1. The lowest BCUT2D eigenvalue weighted by Crippen LogP contribution is -2.47. The van der Waals surface area contributed by atoms with Gasteiger partial charge in [0.1, 0.15) is 11.9 Å². The lowest BCUT2D eigenvalue weighted by Gasteiger charge is -2.32. The molecule has 1 N–H and O–H groups in total. The number of benzene rings is 1. The second-order valence-corrected chi connectivity index (χ2v) is 6.33. The van der Waals surface area contributed by atoms with E-state index in [0.29, 0.717) is 13.2 Å². The SMILES string of the molecule is CN(C)c1ncccc1CN1CCO[C@H](C(=O)Nc2ccccc2)C1. The maximum atomic E-state index is 12.5. The molecule has 1 aromatic carbocycles. The Morgan fingerprint density at radius 3 is 2.84 bits per heavy atom. The maximum absolute atomic E-state index is 12.5. The standard InChI is InChI=1S/C19H24N4O2/c1-22(2)18-15(7-6-10-20-18)13-23-11-12-25-17(14-23)19(24)21-16-8-4-3-5-9-16/h3-10,17H,11-14H2,1-2H3,(H,21,24)/t17-/m0/s1. The number of hydrogen-bond donors (Lipinski definition) is 1. The van der Waals surface area contributed by atoms with E-state index in [4.69, 9.17) is 4.74 Å². The lowest BCUT2D eigenvalue weighted by molar-refractivity contribution is -0.133. The average molecular weight is 340 g/mol. The summed E-state index contributed by atoms with van der Waals surface area (Å²) < 4.78 is 5.68. The zero-order valence-corrected chi connectivity index (χ0v) is 14.7. The fourth-order valence-electron chi connectivity index (χ4n) is 2.95. The van der Waals surface area contributed by atoms with Gasteiger partial charge in [-0.3, -0.25) is 9.69 Å². The van der Waals surface area contributed by atoms with Crippen molar-refractivity contribution in [1.82, 2.24) is 9.88 Å². The molecule has 1 aliphatic rings. The van der Waals surface area contributed by atoms with Crippen LogP contribution >= 0.6 is 0 Å². The van der Waals surface area contributed by atoms with Gasteiger partial charge in [-0.1, -0.05) is 24.3 Å². The number of hydrogen-bond acceptors (Lipinski definition) is 5. The lowest BCUT2D eigenvalue weighted by atomic mass is 10.2. The number of amides is 1. The van der Waals surface area contributed by atoms with E-state index in [1.807, 2.05) is 55.4 Å². The van der Waals surface area contributed by atoms with E-state index in [2.05, 4.69) is 21.3 Å². The quantitative estimate of drug-likeness (QED) is 0.902. The molecule has 1 aliphatic heterocycles. The first-order valence-corrected chi connectivity index (χ1v) is 8.44. The molecule has 0 spiro atoms. The minimum absolute atomic E-state index is 0.102. The van der Waals surface area contributed by atoms with Gasteiger partial charge >= 0.3 is 0 Å². The number of para-hydroxylation sites is 1. The summed E-state index contributed by atoms with van der Waals surface area (Å²) in [6.07, 6.45) is 1.34. The summed E-state index contributed by atoms with van der Waals surface area (Å²) in [5.41, 5.74) is 1.94. The number of morpholine rings is 1. The number of nitrogens with zero attached hydrogens (tertiary/aromatic N) is 3. The summed E-state index contributed by atoms with van der Waals surface area (Å²) in [5.74, 6) is 0.856. The second-order valence-electron chi connectivity index (χ2n) is 6.33. The van der Waals surface area contributed by atoms with E-state index in [1.54, 1.807) is 6.20 Å². The van der Waals surface area contributed by atoms with Crippen molar-refractivity contribution in [2.75, 3.05) is 44.0 Å². The van der Waals surface area contributed by atoms with Crippen molar-refractivity contribution < 1.29 is 9.53 Å². The first-order chi connectivity index (χ1) is 12.1. The molecule has 3 rings (SSSR count). The highest BCUT2D eigenvalue weighted by atomic mass is 16.5. The Morgan fingerprint density at radius 2 is 2.08 bits per heavy atom. The number of carbonyl (C=O) groups excluding carboxylic acids is 1. The molecule has 6 nitrogen and oxygen atoms in total. The Labute approximate surface area is 148 Å². The molecule has 2 aromatic rings. The predicted molar refractivity (Wildman–Crippen MR) is 98.7 cm³/mol. The van der Waals surface area contributed by atoms with Gasteiger partial charge in [0.2, 0.25) is 0 Å². The molecular weight excluding hydrogens is 316 g/mol. The Bertz CT molecular complexity index is 706. The molecule has 1 fully saturated rings. The molecule has 1 saturated heterocycles. The normalized spacial score (nSPS) is 17.9. The van der Waals surface area contributed by atoms with Crippen molar-refractivity contribution in [3.63, 3.8) is 0 Å². The van der Waals surface area contributed by atoms with Gasteiger partial charge in [-0.25, -0.2) is 4.98 Å². The van der Waals surface area contributed by atoms with Gasteiger partial charge in [0, 0.05) is 51.2 Å². The van der Waals surface area contributed by atoms with Crippen molar-refractivity contribution in [3.8, 4) is 0 Å².